The molecular formula is C15H24N2O2S. The van der Waals surface area contributed by atoms with Crippen LogP contribution in [0.15, 0.2) is 24.3 Å². The Morgan fingerprint density at radius 3 is 2.75 bits per heavy atom. The van der Waals surface area contributed by atoms with Crippen molar-refractivity contribution in [1.29, 1.82) is 0 Å². The summed E-state index contributed by atoms with van der Waals surface area (Å²) in [6.07, 6.45) is 0. The molecule has 0 bridgehead atoms. The highest BCUT2D eigenvalue weighted by Gasteiger charge is 2.29. The molecule has 0 radical (unpaired) electrons. The van der Waals surface area contributed by atoms with Crippen LogP contribution in [0.2, 0.25) is 0 Å². The van der Waals surface area contributed by atoms with Crippen molar-refractivity contribution < 1.29 is 8.42 Å². The molecule has 5 heteroatoms. The van der Waals surface area contributed by atoms with Gasteiger partial charge in [0.2, 0.25) is 0 Å². The average Bonchev–Trinajstić information content (AvgIpc) is 2.38. The molecule has 2 atom stereocenters. The van der Waals surface area contributed by atoms with Gasteiger partial charge in [0.05, 0.1) is 11.5 Å². The Labute approximate surface area is 122 Å². The van der Waals surface area contributed by atoms with E-state index in [-0.39, 0.29) is 23.6 Å². The van der Waals surface area contributed by atoms with Crippen molar-refractivity contribution in [2.24, 2.45) is 0 Å². The average molecular weight is 296 g/mol. The zero-order chi connectivity index (χ0) is 14.8. The van der Waals surface area contributed by atoms with E-state index in [0.717, 1.165) is 12.2 Å². The van der Waals surface area contributed by atoms with Crippen LogP contribution >= 0.6 is 0 Å². The molecule has 0 saturated carbocycles. The van der Waals surface area contributed by atoms with Crippen molar-refractivity contribution >= 4 is 15.5 Å². The van der Waals surface area contributed by atoms with Gasteiger partial charge >= 0.3 is 0 Å². The van der Waals surface area contributed by atoms with Crippen LogP contribution in [-0.2, 0) is 9.84 Å². The Kier molecular flexibility index (Phi) is 4.70. The fourth-order valence-corrected chi connectivity index (χ4v) is 4.44. The molecule has 1 aromatic carbocycles. The van der Waals surface area contributed by atoms with E-state index in [9.17, 15) is 8.42 Å². The van der Waals surface area contributed by atoms with Gasteiger partial charge in [-0.05, 0) is 32.0 Å². The Morgan fingerprint density at radius 1 is 1.40 bits per heavy atom. The van der Waals surface area contributed by atoms with Crippen molar-refractivity contribution in [3.63, 3.8) is 0 Å². The smallest absolute Gasteiger partial charge is 0.154 e. The first-order valence-corrected chi connectivity index (χ1v) is 9.06. The zero-order valence-corrected chi connectivity index (χ0v) is 13.3. The second-order valence-corrected chi connectivity index (χ2v) is 7.72. The maximum Gasteiger partial charge on any atom is 0.154 e. The van der Waals surface area contributed by atoms with Crippen LogP contribution in [0.25, 0.3) is 0 Å². The first kappa shape index (κ1) is 15.3. The highest BCUT2D eigenvalue weighted by atomic mass is 32.2. The third-order valence-electron chi connectivity index (χ3n) is 3.89. The van der Waals surface area contributed by atoms with E-state index in [0.29, 0.717) is 6.54 Å². The molecule has 1 aromatic rings. The minimum absolute atomic E-state index is 0.0312. The number of nitrogens with one attached hydrogen (secondary N) is 1. The molecule has 112 valence electrons. The Hall–Kier alpha value is -1.07. The van der Waals surface area contributed by atoms with Crippen LogP contribution < -0.4 is 10.2 Å². The van der Waals surface area contributed by atoms with Gasteiger partial charge in [-0.25, -0.2) is 8.42 Å². The summed E-state index contributed by atoms with van der Waals surface area (Å²) in [5.41, 5.74) is 2.39. The third kappa shape index (κ3) is 3.33. The molecule has 1 aliphatic rings. The lowest BCUT2D eigenvalue weighted by molar-refractivity contribution is 0.563. The van der Waals surface area contributed by atoms with Crippen LogP contribution in [0.4, 0.5) is 5.69 Å². The van der Waals surface area contributed by atoms with Gasteiger partial charge in [-0.3, -0.25) is 0 Å². The summed E-state index contributed by atoms with van der Waals surface area (Å²) in [5, 5.41) is 3.43. The van der Waals surface area contributed by atoms with Crippen LogP contribution in [0, 0.1) is 0 Å². The number of nitrogens with zero attached hydrogens (tertiary/aromatic N) is 1. The van der Waals surface area contributed by atoms with Gasteiger partial charge in [0.15, 0.2) is 9.84 Å². The molecule has 0 amide bonds. The predicted octanol–water partition coefficient (Wildman–Crippen LogP) is 1.98. The molecule has 2 rings (SSSR count). The van der Waals surface area contributed by atoms with Crippen molar-refractivity contribution in [2.45, 2.75) is 32.9 Å². The number of sulfone groups is 1. The minimum Gasteiger partial charge on any atom is -0.367 e. The second-order valence-electron chi connectivity index (χ2n) is 5.49. The van der Waals surface area contributed by atoms with Gasteiger partial charge in [0.1, 0.15) is 0 Å². The zero-order valence-electron chi connectivity index (χ0n) is 12.5. The number of benzene rings is 1. The Balaban J connectivity index is 2.29. The molecule has 1 N–H and O–H groups in total. The third-order valence-corrected chi connectivity index (χ3v) is 5.69. The van der Waals surface area contributed by atoms with Crippen molar-refractivity contribution in [3.05, 3.63) is 29.8 Å². The van der Waals surface area contributed by atoms with Gasteiger partial charge in [-0.2, -0.15) is 0 Å². The van der Waals surface area contributed by atoms with Gasteiger partial charge in [0, 0.05) is 24.3 Å². The Morgan fingerprint density at radius 2 is 2.10 bits per heavy atom. The summed E-state index contributed by atoms with van der Waals surface area (Å²) in [7, 11) is -2.87. The van der Waals surface area contributed by atoms with Crippen molar-refractivity contribution in [1.82, 2.24) is 5.32 Å². The Bertz CT molecular complexity index is 557. The second kappa shape index (κ2) is 6.14. The summed E-state index contributed by atoms with van der Waals surface area (Å²) in [6.45, 7) is 7.73. The molecule has 4 nitrogen and oxygen atoms in total. The van der Waals surface area contributed by atoms with Gasteiger partial charge in [-0.15, -0.1) is 0 Å². The lowest BCUT2D eigenvalue weighted by Gasteiger charge is -2.37. The molecule has 1 aliphatic heterocycles. The van der Waals surface area contributed by atoms with E-state index in [4.69, 9.17) is 0 Å². The molecular weight excluding hydrogens is 272 g/mol. The first-order chi connectivity index (χ1) is 9.44. The normalized spacial score (nSPS) is 23.6. The number of para-hydroxylation sites is 1. The molecule has 20 heavy (non-hydrogen) atoms. The molecule has 0 aromatic heterocycles. The number of rotatable bonds is 4. The SMILES string of the molecule is CCNC(C)c1ccccc1N1CCS(=O)(=O)CC1C. The summed E-state index contributed by atoms with van der Waals surface area (Å²) < 4.78 is 23.4. The van der Waals surface area contributed by atoms with Gasteiger partial charge in [-0.1, -0.05) is 25.1 Å². The van der Waals surface area contributed by atoms with Gasteiger partial charge in [0.25, 0.3) is 0 Å². The van der Waals surface area contributed by atoms with Crippen molar-refractivity contribution in [2.75, 3.05) is 29.5 Å². The van der Waals surface area contributed by atoms with Gasteiger partial charge < -0.3 is 10.2 Å². The standard InChI is InChI=1S/C15H24N2O2S/c1-4-16-13(3)14-7-5-6-8-15(14)17-9-10-20(18,19)11-12(17)2/h5-8,12-13,16H,4,9-11H2,1-3H3. The molecule has 1 fully saturated rings. The molecule has 1 saturated heterocycles. The van der Waals surface area contributed by atoms with E-state index >= 15 is 0 Å². The van der Waals surface area contributed by atoms with E-state index in [1.54, 1.807) is 0 Å². The number of hydrogen-bond acceptors (Lipinski definition) is 4. The summed E-state index contributed by atoms with van der Waals surface area (Å²) in [6, 6.07) is 8.58. The van der Waals surface area contributed by atoms with E-state index in [2.05, 4.69) is 36.2 Å². The fourth-order valence-electron chi connectivity index (χ4n) is 2.89. The highest BCUT2D eigenvalue weighted by Crippen LogP contribution is 2.29. The van der Waals surface area contributed by atoms with E-state index < -0.39 is 9.84 Å². The molecule has 1 heterocycles. The minimum atomic E-state index is -2.87. The number of hydrogen-bond donors (Lipinski definition) is 1. The predicted molar refractivity (Wildman–Crippen MR) is 84.0 cm³/mol. The number of anilines is 1. The quantitative estimate of drug-likeness (QED) is 0.923. The monoisotopic (exact) mass is 296 g/mol. The summed E-state index contributed by atoms with van der Waals surface area (Å²) >= 11 is 0. The van der Waals surface area contributed by atoms with Crippen LogP contribution in [0.1, 0.15) is 32.4 Å². The summed E-state index contributed by atoms with van der Waals surface area (Å²) in [5.74, 6) is 0.498. The first-order valence-electron chi connectivity index (χ1n) is 7.24. The van der Waals surface area contributed by atoms with E-state index in [1.807, 2.05) is 19.1 Å². The molecule has 0 spiro atoms. The van der Waals surface area contributed by atoms with Crippen LogP contribution in [0.5, 0.6) is 0 Å². The summed E-state index contributed by atoms with van der Waals surface area (Å²) in [4.78, 5) is 2.23. The van der Waals surface area contributed by atoms with Crippen LogP contribution in [0.3, 0.4) is 0 Å². The van der Waals surface area contributed by atoms with Crippen molar-refractivity contribution in [3.8, 4) is 0 Å². The molecule has 0 aliphatic carbocycles. The lowest BCUT2D eigenvalue weighted by Crippen LogP contribution is -2.47. The van der Waals surface area contributed by atoms with Crippen LogP contribution in [-0.4, -0.2) is 39.1 Å². The topological polar surface area (TPSA) is 49.4 Å². The lowest BCUT2D eigenvalue weighted by atomic mass is 10.0. The van der Waals surface area contributed by atoms with E-state index in [1.165, 1.54) is 5.56 Å². The fraction of sp³-hybridized carbons (Fsp3) is 0.600. The largest absolute Gasteiger partial charge is 0.367 e. The maximum absolute atomic E-state index is 11.7. The molecule has 2 unspecified atom stereocenters. The highest BCUT2D eigenvalue weighted by molar-refractivity contribution is 7.91. The maximum atomic E-state index is 11.7.